The molecule has 0 saturated heterocycles. The molecule has 0 spiro atoms. The number of aromatic nitrogens is 1. The Kier molecular flexibility index (Phi) is 6.39. The largest absolute Gasteiger partial charge is 0.361 e. The molecule has 6 heteroatoms. The number of nitrogens with zero attached hydrogens (tertiary/aromatic N) is 1. The molecule has 0 aliphatic rings. The van der Waals surface area contributed by atoms with Crippen LogP contribution in [0.5, 0.6) is 0 Å². The van der Waals surface area contributed by atoms with Gasteiger partial charge in [0, 0.05) is 12.1 Å². The fourth-order valence-corrected chi connectivity index (χ4v) is 2.02. The second-order valence-electron chi connectivity index (χ2n) is 4.82. The van der Waals surface area contributed by atoms with E-state index in [2.05, 4.69) is 10.5 Å². The van der Waals surface area contributed by atoms with Crippen LogP contribution in [0.4, 0.5) is 0 Å². The Labute approximate surface area is 130 Å². The van der Waals surface area contributed by atoms with E-state index in [1.165, 1.54) is 0 Å². The Hall–Kier alpha value is -1.85. The van der Waals surface area contributed by atoms with Crippen molar-refractivity contribution in [1.82, 2.24) is 10.5 Å². The first kappa shape index (κ1) is 17.2. The minimum atomic E-state index is -0.558. The Bertz CT molecular complexity index is 564. The lowest BCUT2D eigenvalue weighted by atomic mass is 10.1. The Morgan fingerprint density at radius 3 is 2.57 bits per heavy atom. The van der Waals surface area contributed by atoms with E-state index in [1.54, 1.807) is 0 Å². The molecule has 0 aliphatic carbocycles. The van der Waals surface area contributed by atoms with Crippen LogP contribution in [0.2, 0.25) is 0 Å². The lowest BCUT2D eigenvalue weighted by Gasteiger charge is -2.12. The molecule has 5 nitrogen and oxygen atoms in total. The van der Waals surface area contributed by atoms with Gasteiger partial charge in [-0.05, 0) is 25.8 Å². The summed E-state index contributed by atoms with van der Waals surface area (Å²) >= 11 is 0. The number of halogens is 1. The average Bonchev–Trinajstić information content (AvgIpc) is 2.76. The standard InChI is InChI=1S/C15H19N3O2.ClH/c1-10-13(11(2)20-18-10)9-17-15(19)14(16)8-12-6-4-3-5-7-12;/h3-7,14H,8-9,16H2,1-2H3,(H,17,19);1H/t14-;/m0./s1. The summed E-state index contributed by atoms with van der Waals surface area (Å²) in [7, 11) is 0. The molecule has 0 bridgehead atoms. The lowest BCUT2D eigenvalue weighted by Crippen LogP contribution is -2.41. The number of amides is 1. The molecule has 2 rings (SSSR count). The molecule has 1 aromatic carbocycles. The van der Waals surface area contributed by atoms with Gasteiger partial charge >= 0.3 is 0 Å². The second kappa shape index (κ2) is 7.81. The zero-order valence-corrected chi connectivity index (χ0v) is 12.9. The number of hydrogen-bond acceptors (Lipinski definition) is 4. The zero-order chi connectivity index (χ0) is 14.5. The molecule has 2 aromatic rings. The summed E-state index contributed by atoms with van der Waals surface area (Å²) in [6, 6.07) is 9.17. The van der Waals surface area contributed by atoms with Gasteiger partial charge in [0.05, 0.1) is 11.7 Å². The number of rotatable bonds is 5. The molecule has 1 heterocycles. The van der Waals surface area contributed by atoms with Crippen LogP contribution >= 0.6 is 12.4 Å². The van der Waals surface area contributed by atoms with Gasteiger partial charge < -0.3 is 15.6 Å². The highest BCUT2D eigenvalue weighted by Crippen LogP contribution is 2.11. The van der Waals surface area contributed by atoms with Gasteiger partial charge in [0.25, 0.3) is 0 Å². The van der Waals surface area contributed by atoms with Gasteiger partial charge in [0.15, 0.2) is 0 Å². The molecule has 1 aromatic heterocycles. The van der Waals surface area contributed by atoms with Crippen LogP contribution in [-0.4, -0.2) is 17.1 Å². The van der Waals surface area contributed by atoms with Crippen molar-refractivity contribution in [3.8, 4) is 0 Å². The minimum absolute atomic E-state index is 0. The molecule has 0 fully saturated rings. The maximum atomic E-state index is 12.0. The van der Waals surface area contributed by atoms with E-state index >= 15 is 0 Å². The van der Waals surface area contributed by atoms with Crippen LogP contribution in [0.15, 0.2) is 34.9 Å². The number of hydrogen-bond donors (Lipinski definition) is 2. The smallest absolute Gasteiger partial charge is 0.237 e. The molecule has 114 valence electrons. The van der Waals surface area contributed by atoms with Crippen molar-refractivity contribution in [1.29, 1.82) is 0 Å². The second-order valence-corrected chi connectivity index (χ2v) is 4.82. The monoisotopic (exact) mass is 309 g/mol. The van der Waals surface area contributed by atoms with Gasteiger partial charge in [-0.15, -0.1) is 12.4 Å². The molecular weight excluding hydrogens is 290 g/mol. The van der Waals surface area contributed by atoms with E-state index in [-0.39, 0.29) is 18.3 Å². The van der Waals surface area contributed by atoms with Crippen molar-refractivity contribution in [3.05, 3.63) is 52.9 Å². The van der Waals surface area contributed by atoms with Crippen LogP contribution in [0, 0.1) is 13.8 Å². The topological polar surface area (TPSA) is 81.2 Å². The quantitative estimate of drug-likeness (QED) is 0.884. The van der Waals surface area contributed by atoms with E-state index in [0.717, 1.165) is 22.6 Å². The Morgan fingerprint density at radius 1 is 1.33 bits per heavy atom. The van der Waals surface area contributed by atoms with Crippen molar-refractivity contribution in [2.75, 3.05) is 0 Å². The summed E-state index contributed by atoms with van der Waals surface area (Å²) in [5, 5.41) is 6.67. The van der Waals surface area contributed by atoms with Gasteiger partial charge in [-0.2, -0.15) is 0 Å². The van der Waals surface area contributed by atoms with Crippen LogP contribution < -0.4 is 11.1 Å². The molecule has 0 unspecified atom stereocenters. The Balaban J connectivity index is 0.00000220. The molecule has 21 heavy (non-hydrogen) atoms. The summed E-state index contributed by atoms with van der Waals surface area (Å²) < 4.78 is 5.05. The third kappa shape index (κ3) is 4.58. The summed E-state index contributed by atoms with van der Waals surface area (Å²) in [5.41, 5.74) is 8.66. The number of aryl methyl sites for hydroxylation is 2. The highest BCUT2D eigenvalue weighted by atomic mass is 35.5. The van der Waals surface area contributed by atoms with E-state index in [4.69, 9.17) is 10.3 Å². The van der Waals surface area contributed by atoms with E-state index in [1.807, 2.05) is 44.2 Å². The van der Waals surface area contributed by atoms with Crippen LogP contribution in [-0.2, 0) is 17.8 Å². The van der Waals surface area contributed by atoms with Gasteiger partial charge in [-0.25, -0.2) is 0 Å². The first-order chi connectivity index (χ1) is 9.58. The first-order valence-electron chi connectivity index (χ1n) is 6.57. The van der Waals surface area contributed by atoms with Gasteiger partial charge in [0.2, 0.25) is 5.91 Å². The number of nitrogens with two attached hydrogens (primary N) is 1. The van der Waals surface area contributed by atoms with Gasteiger partial charge in [-0.1, -0.05) is 35.5 Å². The van der Waals surface area contributed by atoms with E-state index in [9.17, 15) is 4.79 Å². The van der Waals surface area contributed by atoms with Crippen LogP contribution in [0.1, 0.15) is 22.6 Å². The zero-order valence-electron chi connectivity index (χ0n) is 12.1. The fourth-order valence-electron chi connectivity index (χ4n) is 2.02. The normalized spacial score (nSPS) is 11.6. The SMILES string of the molecule is Cc1noc(C)c1CNC(=O)[C@@H](N)Cc1ccccc1.Cl. The van der Waals surface area contributed by atoms with Crippen molar-refractivity contribution >= 4 is 18.3 Å². The first-order valence-corrected chi connectivity index (χ1v) is 6.57. The van der Waals surface area contributed by atoms with E-state index < -0.39 is 6.04 Å². The lowest BCUT2D eigenvalue weighted by molar-refractivity contribution is -0.122. The Morgan fingerprint density at radius 2 is 2.00 bits per heavy atom. The highest BCUT2D eigenvalue weighted by molar-refractivity contribution is 5.85. The van der Waals surface area contributed by atoms with Crippen LogP contribution in [0.3, 0.4) is 0 Å². The number of carbonyl (C=O) groups excluding carboxylic acids is 1. The molecule has 0 radical (unpaired) electrons. The maximum absolute atomic E-state index is 12.0. The van der Waals surface area contributed by atoms with Gasteiger partial charge in [-0.3, -0.25) is 4.79 Å². The third-order valence-corrected chi connectivity index (χ3v) is 3.26. The maximum Gasteiger partial charge on any atom is 0.237 e. The van der Waals surface area contributed by atoms with Crippen molar-refractivity contribution in [2.45, 2.75) is 32.9 Å². The van der Waals surface area contributed by atoms with Crippen molar-refractivity contribution < 1.29 is 9.32 Å². The predicted molar refractivity (Wildman–Crippen MR) is 83.2 cm³/mol. The molecule has 0 aliphatic heterocycles. The molecular formula is C15H20ClN3O2. The van der Waals surface area contributed by atoms with Crippen LogP contribution in [0.25, 0.3) is 0 Å². The summed E-state index contributed by atoms with van der Waals surface area (Å²) in [6.07, 6.45) is 0.522. The van der Waals surface area contributed by atoms with Crippen molar-refractivity contribution in [2.24, 2.45) is 5.73 Å². The number of carbonyl (C=O) groups is 1. The van der Waals surface area contributed by atoms with E-state index in [0.29, 0.717) is 13.0 Å². The molecule has 3 N–H and O–H groups in total. The molecule has 1 amide bonds. The number of nitrogens with one attached hydrogen (secondary N) is 1. The summed E-state index contributed by atoms with van der Waals surface area (Å²) in [5.74, 6) is 0.549. The summed E-state index contributed by atoms with van der Waals surface area (Å²) in [4.78, 5) is 12.0. The minimum Gasteiger partial charge on any atom is -0.361 e. The fraction of sp³-hybridized carbons (Fsp3) is 0.333. The molecule has 0 saturated carbocycles. The average molecular weight is 310 g/mol. The van der Waals surface area contributed by atoms with Gasteiger partial charge in [0.1, 0.15) is 5.76 Å². The van der Waals surface area contributed by atoms with Crippen molar-refractivity contribution in [3.63, 3.8) is 0 Å². The summed E-state index contributed by atoms with van der Waals surface area (Å²) in [6.45, 7) is 4.07. The third-order valence-electron chi connectivity index (χ3n) is 3.26. The molecule has 1 atom stereocenters. The predicted octanol–water partition coefficient (Wildman–Crippen LogP) is 1.90. The number of benzene rings is 1. The highest BCUT2D eigenvalue weighted by Gasteiger charge is 2.15.